The van der Waals surface area contributed by atoms with E-state index in [2.05, 4.69) is 5.32 Å². The molecule has 1 amide bonds. The Morgan fingerprint density at radius 2 is 1.76 bits per heavy atom. The number of nitro benzene ring substituents is 1. The Kier molecular flexibility index (Phi) is 5.54. The molecule has 0 atom stereocenters. The molecule has 1 aromatic rings. The fourth-order valence-electron chi connectivity index (χ4n) is 2.56. The van der Waals surface area contributed by atoms with E-state index in [-0.39, 0.29) is 18.1 Å². The predicted molar refractivity (Wildman–Crippen MR) is 81.3 cm³/mol. The van der Waals surface area contributed by atoms with Gasteiger partial charge in [0, 0.05) is 19.2 Å². The second kappa shape index (κ2) is 7.61. The van der Waals surface area contributed by atoms with Crippen molar-refractivity contribution in [1.82, 2.24) is 4.90 Å². The van der Waals surface area contributed by atoms with Gasteiger partial charge in [-0.15, -0.1) is 0 Å². The lowest BCUT2D eigenvalue weighted by atomic mass is 10.1. The molecule has 1 saturated heterocycles. The van der Waals surface area contributed by atoms with Crippen molar-refractivity contribution in [3.05, 3.63) is 34.4 Å². The average molecular weight is 291 g/mol. The van der Waals surface area contributed by atoms with Gasteiger partial charge in [-0.2, -0.15) is 0 Å². The third-order valence-corrected chi connectivity index (χ3v) is 3.74. The maximum Gasteiger partial charge on any atom is 0.292 e. The third kappa shape index (κ3) is 4.44. The number of anilines is 1. The van der Waals surface area contributed by atoms with Gasteiger partial charge in [0.25, 0.3) is 5.69 Å². The van der Waals surface area contributed by atoms with E-state index in [0.29, 0.717) is 5.69 Å². The van der Waals surface area contributed by atoms with Crippen LogP contribution in [-0.4, -0.2) is 35.4 Å². The summed E-state index contributed by atoms with van der Waals surface area (Å²) in [7, 11) is 0. The van der Waals surface area contributed by atoms with Gasteiger partial charge in [0.15, 0.2) is 0 Å². The lowest BCUT2D eigenvalue weighted by Gasteiger charge is -2.25. The second-order valence-electron chi connectivity index (χ2n) is 5.28. The molecule has 0 aromatic heterocycles. The minimum absolute atomic E-state index is 0.00188. The number of carbonyl (C=O) groups is 1. The molecular formula is C15H21N3O3. The number of para-hydroxylation sites is 2. The normalized spacial score (nSPS) is 15.9. The van der Waals surface area contributed by atoms with Gasteiger partial charge in [-0.3, -0.25) is 14.9 Å². The molecule has 6 nitrogen and oxygen atoms in total. The van der Waals surface area contributed by atoms with E-state index in [0.717, 1.165) is 25.9 Å². The molecule has 0 bridgehead atoms. The second-order valence-corrected chi connectivity index (χ2v) is 5.28. The first-order chi connectivity index (χ1) is 10.2. The standard InChI is InChI=1S/C15H21N3O3/c19-15(17-10-6-2-1-3-7-11-17)12-16-13-8-4-5-9-14(13)18(20)21/h4-5,8-9,16H,1-3,6-7,10-12H2. The number of nitro groups is 1. The van der Waals surface area contributed by atoms with Crippen molar-refractivity contribution in [2.24, 2.45) is 0 Å². The number of amides is 1. The topological polar surface area (TPSA) is 75.5 Å². The van der Waals surface area contributed by atoms with Crippen LogP contribution in [0.2, 0.25) is 0 Å². The zero-order valence-electron chi connectivity index (χ0n) is 12.1. The van der Waals surface area contributed by atoms with Crippen molar-refractivity contribution in [2.45, 2.75) is 32.1 Å². The molecule has 1 aliphatic heterocycles. The van der Waals surface area contributed by atoms with Crippen LogP contribution >= 0.6 is 0 Å². The summed E-state index contributed by atoms with van der Waals surface area (Å²) in [4.78, 5) is 24.6. The zero-order valence-corrected chi connectivity index (χ0v) is 12.1. The molecule has 21 heavy (non-hydrogen) atoms. The van der Waals surface area contributed by atoms with Crippen LogP contribution < -0.4 is 5.32 Å². The Hall–Kier alpha value is -2.11. The molecule has 0 radical (unpaired) electrons. The van der Waals surface area contributed by atoms with Gasteiger partial charge in [-0.1, -0.05) is 31.4 Å². The van der Waals surface area contributed by atoms with Crippen molar-refractivity contribution in [3.63, 3.8) is 0 Å². The fraction of sp³-hybridized carbons (Fsp3) is 0.533. The van der Waals surface area contributed by atoms with Crippen LogP contribution in [0.15, 0.2) is 24.3 Å². The molecule has 6 heteroatoms. The highest BCUT2D eigenvalue weighted by atomic mass is 16.6. The van der Waals surface area contributed by atoms with Crippen molar-refractivity contribution in [1.29, 1.82) is 0 Å². The SMILES string of the molecule is O=C(CNc1ccccc1[N+](=O)[O-])N1CCCCCCC1. The van der Waals surface area contributed by atoms with E-state index in [9.17, 15) is 14.9 Å². The highest BCUT2D eigenvalue weighted by Gasteiger charge is 2.17. The number of benzene rings is 1. The molecule has 0 unspecified atom stereocenters. The molecule has 1 aromatic carbocycles. The van der Waals surface area contributed by atoms with Gasteiger partial charge >= 0.3 is 0 Å². The van der Waals surface area contributed by atoms with E-state index >= 15 is 0 Å². The molecule has 1 aliphatic rings. The van der Waals surface area contributed by atoms with Gasteiger partial charge in [-0.05, 0) is 18.9 Å². The molecule has 0 spiro atoms. The summed E-state index contributed by atoms with van der Waals surface area (Å²) in [5.74, 6) is 0.00931. The van der Waals surface area contributed by atoms with Crippen molar-refractivity contribution >= 4 is 17.3 Å². The summed E-state index contributed by atoms with van der Waals surface area (Å²) in [6.07, 6.45) is 5.66. The van der Waals surface area contributed by atoms with Crippen molar-refractivity contribution in [3.8, 4) is 0 Å². The number of hydrogen-bond donors (Lipinski definition) is 1. The molecule has 2 rings (SSSR count). The Balaban J connectivity index is 1.92. The van der Waals surface area contributed by atoms with Crippen LogP contribution in [0.25, 0.3) is 0 Å². The number of carbonyl (C=O) groups excluding carboxylic acids is 1. The van der Waals surface area contributed by atoms with E-state index in [1.54, 1.807) is 18.2 Å². The van der Waals surface area contributed by atoms with E-state index < -0.39 is 4.92 Å². The summed E-state index contributed by atoms with van der Waals surface area (Å²) in [5, 5.41) is 13.8. The number of nitrogens with one attached hydrogen (secondary N) is 1. The van der Waals surface area contributed by atoms with Crippen LogP contribution in [0.3, 0.4) is 0 Å². The first kappa shape index (κ1) is 15.3. The predicted octanol–water partition coefficient (Wildman–Crippen LogP) is 2.80. The monoisotopic (exact) mass is 291 g/mol. The van der Waals surface area contributed by atoms with Crippen molar-refractivity contribution < 1.29 is 9.72 Å². The molecule has 1 fully saturated rings. The van der Waals surface area contributed by atoms with E-state index in [4.69, 9.17) is 0 Å². The van der Waals surface area contributed by atoms with Gasteiger partial charge in [-0.25, -0.2) is 0 Å². The lowest BCUT2D eigenvalue weighted by molar-refractivity contribution is -0.383. The van der Waals surface area contributed by atoms with Crippen LogP contribution in [0.4, 0.5) is 11.4 Å². The minimum Gasteiger partial charge on any atom is -0.371 e. The maximum atomic E-state index is 12.2. The van der Waals surface area contributed by atoms with Crippen LogP contribution in [0.5, 0.6) is 0 Å². The van der Waals surface area contributed by atoms with Gasteiger partial charge in [0.05, 0.1) is 11.5 Å². The van der Waals surface area contributed by atoms with Gasteiger partial charge in [0.2, 0.25) is 5.91 Å². The Morgan fingerprint density at radius 1 is 1.14 bits per heavy atom. The first-order valence-electron chi connectivity index (χ1n) is 7.43. The quantitative estimate of drug-likeness (QED) is 0.683. The summed E-state index contributed by atoms with van der Waals surface area (Å²) in [6.45, 7) is 1.68. The first-order valence-corrected chi connectivity index (χ1v) is 7.43. The van der Waals surface area contributed by atoms with Gasteiger partial charge < -0.3 is 10.2 Å². The summed E-state index contributed by atoms with van der Waals surface area (Å²) < 4.78 is 0. The molecule has 0 aliphatic carbocycles. The largest absolute Gasteiger partial charge is 0.371 e. The molecule has 1 N–H and O–H groups in total. The third-order valence-electron chi connectivity index (χ3n) is 3.74. The number of rotatable bonds is 4. The Morgan fingerprint density at radius 3 is 2.43 bits per heavy atom. The van der Waals surface area contributed by atoms with Gasteiger partial charge in [0.1, 0.15) is 5.69 Å². The smallest absolute Gasteiger partial charge is 0.292 e. The maximum absolute atomic E-state index is 12.2. The van der Waals surface area contributed by atoms with Crippen LogP contribution in [-0.2, 0) is 4.79 Å². The lowest BCUT2D eigenvalue weighted by Crippen LogP contribution is -2.37. The van der Waals surface area contributed by atoms with Crippen molar-refractivity contribution in [2.75, 3.05) is 25.0 Å². The molecule has 1 heterocycles. The number of hydrogen-bond acceptors (Lipinski definition) is 4. The summed E-state index contributed by atoms with van der Waals surface area (Å²) in [5.41, 5.74) is 0.390. The minimum atomic E-state index is -0.442. The van der Waals surface area contributed by atoms with Crippen LogP contribution in [0, 0.1) is 10.1 Å². The Labute approximate surface area is 124 Å². The summed E-state index contributed by atoms with van der Waals surface area (Å²) in [6, 6.07) is 6.39. The average Bonchev–Trinajstić information content (AvgIpc) is 2.44. The molecule has 0 saturated carbocycles. The highest BCUT2D eigenvalue weighted by Crippen LogP contribution is 2.22. The zero-order chi connectivity index (χ0) is 15.1. The number of nitrogens with zero attached hydrogens (tertiary/aromatic N) is 2. The van der Waals surface area contributed by atoms with E-state index in [1.165, 1.54) is 25.3 Å². The molecular weight excluding hydrogens is 270 g/mol. The fourth-order valence-corrected chi connectivity index (χ4v) is 2.56. The highest BCUT2D eigenvalue weighted by molar-refractivity contribution is 5.81. The summed E-state index contributed by atoms with van der Waals surface area (Å²) >= 11 is 0. The molecule has 114 valence electrons. The van der Waals surface area contributed by atoms with E-state index in [1.807, 2.05) is 4.90 Å². The van der Waals surface area contributed by atoms with Crippen LogP contribution in [0.1, 0.15) is 32.1 Å². The number of likely N-dealkylation sites (tertiary alicyclic amines) is 1. The Bertz CT molecular complexity index is 497.